The molecule has 3 heteroatoms. The van der Waals surface area contributed by atoms with Gasteiger partial charge in [-0.3, -0.25) is 0 Å². The molecule has 78 valence electrons. The van der Waals surface area contributed by atoms with Crippen LogP contribution < -0.4 is 0 Å². The van der Waals surface area contributed by atoms with Crippen molar-refractivity contribution in [3.8, 4) is 10.6 Å². The zero-order chi connectivity index (χ0) is 11.0. The first-order chi connectivity index (χ1) is 7.08. The number of thiazole rings is 1. The molecular formula is C12H12BrNS. The Bertz CT molecular complexity index is 483. The third kappa shape index (κ3) is 2.13. The molecule has 2 rings (SSSR count). The summed E-state index contributed by atoms with van der Waals surface area (Å²) in [6, 6.07) is 6.31. The molecule has 0 spiro atoms. The van der Waals surface area contributed by atoms with E-state index >= 15 is 0 Å². The minimum Gasteiger partial charge on any atom is -0.241 e. The van der Waals surface area contributed by atoms with Crippen molar-refractivity contribution < 1.29 is 0 Å². The standard InChI is InChI=1S/C12H12BrNS/c1-7-4-5-10(13)6-11(7)12-14-8(2)9(3)15-12/h4-6H,1-3H3. The molecule has 0 atom stereocenters. The maximum atomic E-state index is 4.58. The number of nitrogens with zero attached hydrogens (tertiary/aromatic N) is 1. The largest absolute Gasteiger partial charge is 0.241 e. The normalized spacial score (nSPS) is 10.7. The van der Waals surface area contributed by atoms with Crippen LogP contribution in [0, 0.1) is 20.8 Å². The zero-order valence-electron chi connectivity index (χ0n) is 8.97. The van der Waals surface area contributed by atoms with Crippen molar-refractivity contribution in [1.82, 2.24) is 4.98 Å². The lowest BCUT2D eigenvalue weighted by Crippen LogP contribution is -1.82. The number of hydrogen-bond donors (Lipinski definition) is 0. The molecule has 1 heterocycles. The predicted molar refractivity (Wildman–Crippen MR) is 69.5 cm³/mol. The van der Waals surface area contributed by atoms with E-state index in [1.807, 2.05) is 0 Å². The molecule has 0 amide bonds. The van der Waals surface area contributed by atoms with Crippen LogP contribution in [0.25, 0.3) is 10.6 Å². The molecule has 0 radical (unpaired) electrons. The van der Waals surface area contributed by atoms with Gasteiger partial charge in [-0.05, 0) is 38.5 Å². The second kappa shape index (κ2) is 4.06. The van der Waals surface area contributed by atoms with Crippen LogP contribution in [0.1, 0.15) is 16.1 Å². The second-order valence-electron chi connectivity index (χ2n) is 3.62. The van der Waals surface area contributed by atoms with Gasteiger partial charge in [0.25, 0.3) is 0 Å². The van der Waals surface area contributed by atoms with Gasteiger partial charge in [-0.25, -0.2) is 4.98 Å². The molecule has 0 N–H and O–H groups in total. The van der Waals surface area contributed by atoms with E-state index < -0.39 is 0 Å². The van der Waals surface area contributed by atoms with Crippen LogP contribution in [0.2, 0.25) is 0 Å². The third-order valence-electron chi connectivity index (χ3n) is 2.46. The molecule has 0 aliphatic rings. The number of aromatic nitrogens is 1. The van der Waals surface area contributed by atoms with Crippen LogP contribution in [-0.4, -0.2) is 4.98 Å². The van der Waals surface area contributed by atoms with E-state index in [-0.39, 0.29) is 0 Å². The van der Waals surface area contributed by atoms with Gasteiger partial charge >= 0.3 is 0 Å². The maximum Gasteiger partial charge on any atom is 0.124 e. The first-order valence-electron chi connectivity index (χ1n) is 4.78. The van der Waals surface area contributed by atoms with Crippen molar-refractivity contribution in [2.45, 2.75) is 20.8 Å². The number of benzene rings is 1. The highest BCUT2D eigenvalue weighted by atomic mass is 79.9. The van der Waals surface area contributed by atoms with Gasteiger partial charge in [0, 0.05) is 14.9 Å². The van der Waals surface area contributed by atoms with Gasteiger partial charge in [-0.1, -0.05) is 22.0 Å². The van der Waals surface area contributed by atoms with E-state index in [4.69, 9.17) is 0 Å². The lowest BCUT2D eigenvalue weighted by atomic mass is 10.1. The Hall–Kier alpha value is -0.670. The van der Waals surface area contributed by atoms with Crippen LogP contribution in [0.5, 0.6) is 0 Å². The highest BCUT2D eigenvalue weighted by molar-refractivity contribution is 9.10. The third-order valence-corrected chi connectivity index (χ3v) is 4.06. The summed E-state index contributed by atoms with van der Waals surface area (Å²) in [7, 11) is 0. The average Bonchev–Trinajstić information content (AvgIpc) is 2.51. The first-order valence-corrected chi connectivity index (χ1v) is 6.39. The summed E-state index contributed by atoms with van der Waals surface area (Å²) in [4.78, 5) is 5.88. The van der Waals surface area contributed by atoms with Crippen molar-refractivity contribution in [2.75, 3.05) is 0 Å². The predicted octanol–water partition coefficient (Wildman–Crippen LogP) is 4.50. The van der Waals surface area contributed by atoms with Gasteiger partial charge < -0.3 is 0 Å². The van der Waals surface area contributed by atoms with Crippen LogP contribution in [0.4, 0.5) is 0 Å². The smallest absolute Gasteiger partial charge is 0.124 e. The summed E-state index contributed by atoms with van der Waals surface area (Å²) < 4.78 is 1.11. The SMILES string of the molecule is Cc1ccc(Br)cc1-c1nc(C)c(C)s1. The zero-order valence-corrected chi connectivity index (χ0v) is 11.4. The van der Waals surface area contributed by atoms with E-state index in [0.717, 1.165) is 15.2 Å². The Morgan fingerprint density at radius 2 is 1.93 bits per heavy atom. The average molecular weight is 282 g/mol. The summed E-state index contributed by atoms with van der Waals surface area (Å²) in [5.74, 6) is 0. The summed E-state index contributed by atoms with van der Waals surface area (Å²) in [6.45, 7) is 6.29. The van der Waals surface area contributed by atoms with Crippen molar-refractivity contribution in [3.05, 3.63) is 38.8 Å². The molecule has 0 unspecified atom stereocenters. The van der Waals surface area contributed by atoms with Gasteiger partial charge in [-0.15, -0.1) is 11.3 Å². The van der Waals surface area contributed by atoms with Crippen LogP contribution in [0.15, 0.2) is 22.7 Å². The molecule has 0 aliphatic heterocycles. The van der Waals surface area contributed by atoms with Gasteiger partial charge in [-0.2, -0.15) is 0 Å². The van der Waals surface area contributed by atoms with Crippen molar-refractivity contribution in [1.29, 1.82) is 0 Å². The van der Waals surface area contributed by atoms with Crippen LogP contribution >= 0.6 is 27.3 Å². The van der Waals surface area contributed by atoms with E-state index in [0.29, 0.717) is 0 Å². The number of halogens is 1. The molecule has 0 saturated carbocycles. The molecule has 2 aromatic rings. The molecule has 0 aliphatic carbocycles. The molecule has 0 saturated heterocycles. The number of hydrogen-bond acceptors (Lipinski definition) is 2. The molecular weight excluding hydrogens is 270 g/mol. The molecule has 1 aromatic carbocycles. The lowest BCUT2D eigenvalue weighted by molar-refractivity contribution is 1.23. The summed E-state index contributed by atoms with van der Waals surface area (Å²) in [5.41, 5.74) is 3.63. The highest BCUT2D eigenvalue weighted by Gasteiger charge is 2.08. The fraction of sp³-hybridized carbons (Fsp3) is 0.250. The minimum atomic E-state index is 1.11. The Morgan fingerprint density at radius 1 is 1.20 bits per heavy atom. The van der Waals surface area contributed by atoms with Crippen molar-refractivity contribution in [2.24, 2.45) is 0 Å². The Balaban J connectivity index is 2.58. The fourth-order valence-electron chi connectivity index (χ4n) is 1.41. The molecule has 15 heavy (non-hydrogen) atoms. The summed E-state index contributed by atoms with van der Waals surface area (Å²) in [5, 5.41) is 1.11. The van der Waals surface area contributed by atoms with Crippen molar-refractivity contribution in [3.63, 3.8) is 0 Å². The van der Waals surface area contributed by atoms with Gasteiger partial charge in [0.05, 0.1) is 5.69 Å². The van der Waals surface area contributed by atoms with E-state index in [1.165, 1.54) is 16.0 Å². The summed E-state index contributed by atoms with van der Waals surface area (Å²) >= 11 is 5.25. The van der Waals surface area contributed by atoms with Gasteiger partial charge in [0.1, 0.15) is 5.01 Å². The number of aryl methyl sites for hydroxylation is 3. The highest BCUT2D eigenvalue weighted by Crippen LogP contribution is 2.31. The van der Waals surface area contributed by atoms with E-state index in [1.54, 1.807) is 11.3 Å². The lowest BCUT2D eigenvalue weighted by Gasteiger charge is -2.02. The van der Waals surface area contributed by atoms with E-state index in [9.17, 15) is 0 Å². The topological polar surface area (TPSA) is 12.9 Å². The molecule has 0 fully saturated rings. The van der Waals surface area contributed by atoms with Gasteiger partial charge in [0.2, 0.25) is 0 Å². The Morgan fingerprint density at radius 3 is 2.53 bits per heavy atom. The van der Waals surface area contributed by atoms with Crippen LogP contribution in [0.3, 0.4) is 0 Å². The summed E-state index contributed by atoms with van der Waals surface area (Å²) in [6.07, 6.45) is 0. The first kappa shape index (κ1) is 10.8. The minimum absolute atomic E-state index is 1.11. The number of rotatable bonds is 1. The quantitative estimate of drug-likeness (QED) is 0.750. The second-order valence-corrected chi connectivity index (χ2v) is 5.74. The van der Waals surface area contributed by atoms with E-state index in [2.05, 4.69) is 59.9 Å². The Labute approximate surface area is 102 Å². The maximum absolute atomic E-state index is 4.58. The monoisotopic (exact) mass is 281 g/mol. The fourth-order valence-corrected chi connectivity index (χ4v) is 2.77. The molecule has 0 bridgehead atoms. The Kier molecular flexibility index (Phi) is 2.94. The van der Waals surface area contributed by atoms with Crippen molar-refractivity contribution >= 4 is 27.3 Å². The van der Waals surface area contributed by atoms with Gasteiger partial charge in [0.15, 0.2) is 0 Å². The molecule has 1 aromatic heterocycles. The van der Waals surface area contributed by atoms with Crippen LogP contribution in [-0.2, 0) is 0 Å². The molecule has 1 nitrogen and oxygen atoms in total.